The van der Waals surface area contributed by atoms with Crippen LogP contribution < -0.4 is 5.32 Å². The molecule has 1 unspecified atom stereocenters. The number of amides is 1. The zero-order chi connectivity index (χ0) is 27.4. The molecule has 0 aromatic heterocycles. The highest BCUT2D eigenvalue weighted by Gasteiger charge is 2.35. The van der Waals surface area contributed by atoms with E-state index in [1.54, 1.807) is 0 Å². The van der Waals surface area contributed by atoms with E-state index >= 15 is 0 Å². The van der Waals surface area contributed by atoms with E-state index < -0.39 is 52.6 Å². The summed E-state index contributed by atoms with van der Waals surface area (Å²) in [6, 6.07) is 4.24. The molecule has 1 rings (SSSR count). The molecule has 1 aromatic carbocycles. The van der Waals surface area contributed by atoms with E-state index in [1.807, 2.05) is 0 Å². The number of alkyl halides is 6. The van der Waals surface area contributed by atoms with E-state index in [9.17, 15) is 40.8 Å². The Bertz CT molecular complexity index is 869. The number of halogens is 6. The van der Waals surface area contributed by atoms with Crippen LogP contribution in [0.5, 0.6) is 0 Å². The fourth-order valence-electron chi connectivity index (χ4n) is 3.49. The highest BCUT2D eigenvalue weighted by atomic mass is 32.2. The van der Waals surface area contributed by atoms with Crippen molar-refractivity contribution < 1.29 is 40.8 Å². The van der Waals surface area contributed by atoms with E-state index in [4.69, 9.17) is 5.26 Å². The lowest BCUT2D eigenvalue weighted by atomic mass is 9.96. The van der Waals surface area contributed by atoms with Gasteiger partial charge in [-0.15, -0.1) is 0 Å². The average molecular weight is 543 g/mol. The van der Waals surface area contributed by atoms with Crippen LogP contribution in [0.1, 0.15) is 82.3 Å². The molecule has 2 atom stereocenters. The molecule has 36 heavy (non-hydrogen) atoms. The fourth-order valence-corrected chi connectivity index (χ4v) is 4.68. The van der Waals surface area contributed by atoms with Gasteiger partial charge in [0, 0.05) is 18.5 Å². The molecule has 0 radical (unpaired) electrons. The molecule has 0 saturated heterocycles. The van der Waals surface area contributed by atoms with Gasteiger partial charge in [-0.1, -0.05) is 43.3 Å². The summed E-state index contributed by atoms with van der Waals surface area (Å²) in [7, 11) is 0. The van der Waals surface area contributed by atoms with Crippen molar-refractivity contribution in [3.05, 3.63) is 29.3 Å². The minimum atomic E-state index is -4.76. The van der Waals surface area contributed by atoms with Crippen LogP contribution in [0.4, 0.5) is 32.0 Å². The Morgan fingerprint density at radius 2 is 1.53 bits per heavy atom. The van der Waals surface area contributed by atoms with Crippen molar-refractivity contribution in [3.8, 4) is 6.07 Å². The molecule has 204 valence electrons. The summed E-state index contributed by atoms with van der Waals surface area (Å²) >= 11 is -1.24. The Morgan fingerprint density at radius 3 is 2.08 bits per heavy atom. The molecule has 12 heteroatoms. The topological polar surface area (TPSA) is 96.2 Å². The van der Waals surface area contributed by atoms with Gasteiger partial charge in [0.15, 0.2) is 0 Å². The van der Waals surface area contributed by atoms with Crippen molar-refractivity contribution in [2.45, 2.75) is 89.1 Å². The van der Waals surface area contributed by atoms with Gasteiger partial charge in [0.05, 0.1) is 17.2 Å². The molecule has 1 amide bonds. The van der Waals surface area contributed by atoms with Gasteiger partial charge in [-0.3, -0.25) is 4.79 Å². The Labute approximate surface area is 210 Å². The van der Waals surface area contributed by atoms with Gasteiger partial charge >= 0.3 is 12.4 Å². The third-order valence-corrected chi connectivity index (χ3v) is 7.05. The monoisotopic (exact) mass is 542 g/mol. The number of rotatable bonds is 15. The summed E-state index contributed by atoms with van der Waals surface area (Å²) in [5.41, 5.74) is -3.70. The number of hydrogen-bond donors (Lipinski definition) is 2. The van der Waals surface area contributed by atoms with Crippen LogP contribution in [-0.4, -0.2) is 38.8 Å². The predicted molar refractivity (Wildman–Crippen MR) is 126 cm³/mol. The van der Waals surface area contributed by atoms with E-state index in [0.717, 1.165) is 38.2 Å². The number of nitrogens with one attached hydrogen (secondary N) is 1. The average Bonchev–Trinajstić information content (AvgIpc) is 2.76. The van der Waals surface area contributed by atoms with E-state index in [1.165, 1.54) is 19.1 Å². The number of aliphatic hydroxyl groups is 1. The molecular weight excluding hydrogens is 510 g/mol. The number of carbonyl (C=O) groups excluding carboxylic acids is 1. The van der Waals surface area contributed by atoms with E-state index in [-0.39, 0.29) is 24.3 Å². The number of carbonyl (C=O) groups is 1. The van der Waals surface area contributed by atoms with Crippen molar-refractivity contribution in [1.29, 1.82) is 5.26 Å². The molecule has 0 aliphatic rings. The Balaban J connectivity index is 2.26. The molecule has 0 aliphatic carbocycles. The van der Waals surface area contributed by atoms with Crippen LogP contribution >= 0.6 is 0 Å². The van der Waals surface area contributed by atoms with Crippen LogP contribution in [0, 0.1) is 11.3 Å². The van der Waals surface area contributed by atoms with Crippen LogP contribution in [0.25, 0.3) is 0 Å². The molecule has 0 heterocycles. The van der Waals surface area contributed by atoms with Crippen LogP contribution in [0.15, 0.2) is 18.2 Å². The number of nitriles is 1. The van der Waals surface area contributed by atoms with Crippen molar-refractivity contribution in [3.63, 3.8) is 0 Å². The first-order valence-corrected chi connectivity index (χ1v) is 13.2. The number of benzene rings is 1. The summed E-state index contributed by atoms with van der Waals surface area (Å²) in [5, 5.41) is 21.5. The van der Waals surface area contributed by atoms with Crippen molar-refractivity contribution >= 4 is 22.8 Å². The fraction of sp³-hybridized carbons (Fsp3) is 0.667. The number of hydrogen-bond acceptors (Lipinski definition) is 4. The second-order valence-electron chi connectivity index (χ2n) is 8.89. The van der Waals surface area contributed by atoms with Gasteiger partial charge in [0.25, 0.3) is 5.91 Å². The maximum absolute atomic E-state index is 13.1. The molecule has 0 bridgehead atoms. The third kappa shape index (κ3) is 12.8. The first-order valence-electron chi connectivity index (χ1n) is 11.7. The standard InChI is InChI=1S/C24H32F6N2O3S/c1-22(34,21(33)32-19-11-10-18(17-31)20(16-19)24(28,29)30)12-7-5-3-2-4-6-8-14-36(35)15-9-13-23(25,26)27/h10-11,16,34H,2-9,12-15H2,1H3,(H,32,33)/t22-,36?/m0/s1. The van der Waals surface area contributed by atoms with Crippen LogP contribution in [-0.2, 0) is 22.1 Å². The molecule has 1 aromatic rings. The summed E-state index contributed by atoms with van der Waals surface area (Å²) in [6.45, 7) is 1.28. The largest absolute Gasteiger partial charge is 0.616 e. The van der Waals surface area contributed by atoms with Gasteiger partial charge in [0.2, 0.25) is 0 Å². The normalized spacial score (nSPS) is 14.7. The van der Waals surface area contributed by atoms with Gasteiger partial charge in [-0.25, -0.2) is 0 Å². The first kappa shape index (κ1) is 32.1. The second kappa shape index (κ2) is 14.7. The van der Waals surface area contributed by atoms with Gasteiger partial charge in [0.1, 0.15) is 17.1 Å². The van der Waals surface area contributed by atoms with Crippen molar-refractivity contribution in [1.82, 2.24) is 0 Å². The lowest BCUT2D eigenvalue weighted by molar-refractivity contribution is -0.138. The molecule has 0 aliphatic heterocycles. The second-order valence-corrected chi connectivity index (χ2v) is 10.6. The van der Waals surface area contributed by atoms with E-state index in [0.29, 0.717) is 24.7 Å². The SMILES string of the molecule is C[C@](O)(CCCCCCCCC[S+]([O-])CCCC(F)(F)F)C(=O)Nc1ccc(C#N)c(C(F)(F)F)c1. The van der Waals surface area contributed by atoms with Gasteiger partial charge in [-0.05, 0) is 44.4 Å². The summed E-state index contributed by atoms with van der Waals surface area (Å²) in [6.07, 6.45) is -4.59. The first-order chi connectivity index (χ1) is 16.7. The van der Waals surface area contributed by atoms with Crippen molar-refractivity contribution in [2.24, 2.45) is 0 Å². The van der Waals surface area contributed by atoms with Crippen LogP contribution in [0.3, 0.4) is 0 Å². The highest BCUT2D eigenvalue weighted by molar-refractivity contribution is 7.91. The minimum absolute atomic E-state index is 0.0572. The van der Waals surface area contributed by atoms with Crippen molar-refractivity contribution in [2.75, 3.05) is 16.8 Å². The molecule has 0 spiro atoms. The number of anilines is 1. The van der Waals surface area contributed by atoms with E-state index in [2.05, 4.69) is 5.32 Å². The van der Waals surface area contributed by atoms with Crippen LogP contribution in [0.2, 0.25) is 0 Å². The molecule has 0 saturated carbocycles. The Kier molecular flexibility index (Phi) is 13.1. The summed E-state index contributed by atoms with van der Waals surface area (Å²) < 4.78 is 87.1. The maximum Gasteiger partial charge on any atom is 0.417 e. The molecular formula is C24H32F6N2O3S. The lowest BCUT2D eigenvalue weighted by Crippen LogP contribution is -2.40. The highest BCUT2D eigenvalue weighted by Crippen LogP contribution is 2.34. The lowest BCUT2D eigenvalue weighted by Gasteiger charge is -2.22. The minimum Gasteiger partial charge on any atom is -0.616 e. The third-order valence-electron chi connectivity index (χ3n) is 5.56. The van der Waals surface area contributed by atoms with Gasteiger partial charge < -0.3 is 15.0 Å². The maximum atomic E-state index is 13.1. The smallest absolute Gasteiger partial charge is 0.417 e. The van der Waals surface area contributed by atoms with Gasteiger partial charge in [-0.2, -0.15) is 31.6 Å². The number of nitrogens with zero attached hydrogens (tertiary/aromatic N) is 1. The molecule has 0 fully saturated rings. The Hall–Kier alpha value is -1.97. The zero-order valence-electron chi connectivity index (χ0n) is 20.1. The predicted octanol–water partition coefficient (Wildman–Crippen LogP) is 6.48. The molecule has 2 N–H and O–H groups in total. The number of unbranched alkanes of at least 4 members (excludes halogenated alkanes) is 6. The zero-order valence-corrected chi connectivity index (χ0v) is 20.9. The Morgan fingerprint density at radius 1 is 0.972 bits per heavy atom. The summed E-state index contributed by atoms with van der Waals surface area (Å²) in [4.78, 5) is 12.4. The summed E-state index contributed by atoms with van der Waals surface area (Å²) in [5.74, 6) is -0.398. The quantitative estimate of drug-likeness (QED) is 0.151. The molecule has 5 nitrogen and oxygen atoms in total.